The lowest BCUT2D eigenvalue weighted by molar-refractivity contribution is 0.0944. The van der Waals surface area contributed by atoms with E-state index in [0.29, 0.717) is 34.4 Å². The summed E-state index contributed by atoms with van der Waals surface area (Å²) in [5.74, 6) is 0.0105. The summed E-state index contributed by atoms with van der Waals surface area (Å²) in [7, 11) is -3.08. The molecule has 7 nitrogen and oxygen atoms in total. The van der Waals surface area contributed by atoms with Crippen molar-refractivity contribution in [2.24, 2.45) is 0 Å². The summed E-state index contributed by atoms with van der Waals surface area (Å²) in [6.45, 7) is 7.68. The average Bonchev–Trinajstić information content (AvgIpc) is 3.20. The van der Waals surface area contributed by atoms with Crippen molar-refractivity contribution < 1.29 is 13.2 Å². The fourth-order valence-electron chi connectivity index (χ4n) is 3.93. The number of hydrogen-bond donors (Lipinski definition) is 1. The number of pyridine rings is 1. The fourth-order valence-corrected chi connectivity index (χ4v) is 5.62. The Morgan fingerprint density at radius 3 is 2.50 bits per heavy atom. The summed E-state index contributed by atoms with van der Waals surface area (Å²) in [5, 5.41) is 8.25. The summed E-state index contributed by atoms with van der Waals surface area (Å²) in [6, 6.07) is 9.46. The molecule has 0 radical (unpaired) electrons. The topological polar surface area (TPSA) is 94.0 Å². The molecule has 1 aliphatic heterocycles. The minimum Gasteiger partial charge on any atom is -0.350 e. The van der Waals surface area contributed by atoms with Crippen LogP contribution in [0.4, 0.5) is 0 Å². The number of hydrogen-bond acceptors (Lipinski definition) is 5. The largest absolute Gasteiger partial charge is 0.350 e. The number of rotatable bonds is 4. The van der Waals surface area contributed by atoms with Crippen LogP contribution in [0.3, 0.4) is 0 Å². The molecule has 1 saturated heterocycles. The number of amides is 1. The zero-order valence-electron chi connectivity index (χ0n) is 17.6. The molecule has 1 fully saturated rings. The normalized spacial score (nSPS) is 18.2. The molecule has 0 saturated carbocycles. The van der Waals surface area contributed by atoms with Crippen molar-refractivity contribution >= 4 is 26.8 Å². The lowest BCUT2D eigenvalue weighted by Gasteiger charge is -2.13. The molecular formula is C22H26N4O3S. The molecule has 3 aromatic rings. The number of carbonyl (C=O) groups excluding carboxylic acids is 1. The first-order valence-corrected chi connectivity index (χ1v) is 11.9. The third kappa shape index (κ3) is 3.84. The van der Waals surface area contributed by atoms with Gasteiger partial charge in [-0.2, -0.15) is 5.10 Å². The first-order chi connectivity index (χ1) is 14.1. The zero-order chi connectivity index (χ0) is 21.6. The predicted molar refractivity (Wildman–Crippen MR) is 117 cm³/mol. The van der Waals surface area contributed by atoms with E-state index in [4.69, 9.17) is 4.98 Å². The number of carbonyl (C=O) groups is 1. The number of benzene rings is 1. The van der Waals surface area contributed by atoms with Gasteiger partial charge in [-0.3, -0.25) is 4.79 Å². The molecule has 8 heteroatoms. The smallest absolute Gasteiger partial charge is 0.252 e. The van der Waals surface area contributed by atoms with Crippen LogP contribution in [-0.2, 0) is 9.84 Å². The third-order valence-electron chi connectivity index (χ3n) is 5.40. The van der Waals surface area contributed by atoms with E-state index in [1.165, 1.54) is 0 Å². The average molecular weight is 427 g/mol. The van der Waals surface area contributed by atoms with Gasteiger partial charge in [0.2, 0.25) is 0 Å². The molecule has 4 rings (SSSR count). The molecule has 0 spiro atoms. The van der Waals surface area contributed by atoms with Gasteiger partial charge in [-0.15, -0.1) is 0 Å². The highest BCUT2D eigenvalue weighted by atomic mass is 32.2. The molecule has 3 heterocycles. The van der Waals surface area contributed by atoms with E-state index in [1.807, 2.05) is 52.0 Å². The Kier molecular flexibility index (Phi) is 5.13. The number of sulfone groups is 1. The first kappa shape index (κ1) is 20.5. The van der Waals surface area contributed by atoms with Gasteiger partial charge in [0.25, 0.3) is 5.91 Å². The maximum atomic E-state index is 13.0. The summed E-state index contributed by atoms with van der Waals surface area (Å²) >= 11 is 0. The Morgan fingerprint density at radius 2 is 1.90 bits per heavy atom. The van der Waals surface area contributed by atoms with Crippen LogP contribution < -0.4 is 5.32 Å². The summed E-state index contributed by atoms with van der Waals surface area (Å²) in [6.07, 6.45) is 0.502. The highest BCUT2D eigenvalue weighted by molar-refractivity contribution is 7.91. The molecule has 1 atom stereocenters. The van der Waals surface area contributed by atoms with Crippen molar-refractivity contribution in [3.63, 3.8) is 0 Å². The Morgan fingerprint density at radius 1 is 1.20 bits per heavy atom. The van der Waals surface area contributed by atoms with E-state index >= 15 is 0 Å². The van der Waals surface area contributed by atoms with Crippen LogP contribution in [0.5, 0.6) is 0 Å². The van der Waals surface area contributed by atoms with Crippen LogP contribution in [0.15, 0.2) is 30.3 Å². The van der Waals surface area contributed by atoms with E-state index in [0.717, 1.165) is 11.1 Å². The van der Waals surface area contributed by atoms with Crippen LogP contribution in [0.25, 0.3) is 22.3 Å². The highest BCUT2D eigenvalue weighted by Gasteiger charge is 2.32. The van der Waals surface area contributed by atoms with Gasteiger partial charge >= 0.3 is 0 Å². The Balaban J connectivity index is 1.94. The van der Waals surface area contributed by atoms with Crippen molar-refractivity contribution in [1.29, 1.82) is 0 Å². The third-order valence-corrected chi connectivity index (χ3v) is 7.15. The lowest BCUT2D eigenvalue weighted by Crippen LogP contribution is -2.30. The van der Waals surface area contributed by atoms with E-state index < -0.39 is 9.84 Å². The minimum atomic E-state index is -3.08. The summed E-state index contributed by atoms with van der Waals surface area (Å²) < 4.78 is 25.8. The number of aryl methyl sites for hydroxylation is 2. The SMILES string of the molecule is Cc1ccc(-c2cc(C(=O)NC(C)C)c3c(C)nn([C@@H]4CCS(=O)(=O)C4)c3n2)cc1. The van der Waals surface area contributed by atoms with E-state index in [1.54, 1.807) is 10.7 Å². The molecule has 1 N–H and O–H groups in total. The standard InChI is InChI=1S/C22H26N4O3S/c1-13(2)23-22(27)18-11-19(16-7-5-14(3)6-8-16)24-21-20(18)15(4)25-26(21)17-9-10-30(28,29)12-17/h5-8,11,13,17H,9-10,12H2,1-4H3,(H,23,27)/t17-/m1/s1. The van der Waals surface area contributed by atoms with Gasteiger partial charge in [-0.25, -0.2) is 18.1 Å². The van der Waals surface area contributed by atoms with Crippen LogP contribution in [0, 0.1) is 13.8 Å². The molecule has 158 valence electrons. The van der Waals surface area contributed by atoms with Gasteiger partial charge in [0, 0.05) is 11.6 Å². The number of fused-ring (bicyclic) bond motifs is 1. The van der Waals surface area contributed by atoms with E-state index in [9.17, 15) is 13.2 Å². The zero-order valence-corrected chi connectivity index (χ0v) is 18.5. The van der Waals surface area contributed by atoms with Crippen molar-refractivity contribution in [2.75, 3.05) is 11.5 Å². The predicted octanol–water partition coefficient (Wildman–Crippen LogP) is 3.21. The first-order valence-electron chi connectivity index (χ1n) is 10.1. The molecular weight excluding hydrogens is 400 g/mol. The molecule has 30 heavy (non-hydrogen) atoms. The van der Waals surface area contributed by atoms with Crippen LogP contribution >= 0.6 is 0 Å². The van der Waals surface area contributed by atoms with Crippen molar-refractivity contribution in [2.45, 2.75) is 46.2 Å². The molecule has 2 aromatic heterocycles. The Bertz CT molecular complexity index is 1230. The van der Waals surface area contributed by atoms with Gasteiger partial charge in [-0.1, -0.05) is 29.8 Å². The monoisotopic (exact) mass is 426 g/mol. The summed E-state index contributed by atoms with van der Waals surface area (Å²) in [5.41, 5.74) is 4.43. The van der Waals surface area contributed by atoms with Crippen LogP contribution in [0.1, 0.15) is 47.9 Å². The second-order valence-corrected chi connectivity index (χ2v) is 10.6. The van der Waals surface area contributed by atoms with Gasteiger partial charge in [0.15, 0.2) is 15.5 Å². The molecule has 0 bridgehead atoms. The molecule has 1 aromatic carbocycles. The number of nitrogens with zero attached hydrogens (tertiary/aromatic N) is 3. The molecule has 1 aliphatic rings. The van der Waals surface area contributed by atoms with Crippen LogP contribution in [0.2, 0.25) is 0 Å². The number of nitrogens with one attached hydrogen (secondary N) is 1. The van der Waals surface area contributed by atoms with Crippen LogP contribution in [-0.4, -0.2) is 46.6 Å². The second-order valence-electron chi connectivity index (χ2n) is 8.33. The minimum absolute atomic E-state index is 0.0149. The highest BCUT2D eigenvalue weighted by Crippen LogP contribution is 2.32. The maximum absolute atomic E-state index is 13.0. The van der Waals surface area contributed by atoms with Gasteiger partial charge in [-0.05, 0) is 40.2 Å². The van der Waals surface area contributed by atoms with Gasteiger partial charge in [0.05, 0.1) is 39.9 Å². The molecule has 0 aliphatic carbocycles. The molecule has 1 amide bonds. The van der Waals surface area contributed by atoms with Crippen molar-refractivity contribution in [3.05, 3.63) is 47.2 Å². The number of aromatic nitrogens is 3. The second kappa shape index (κ2) is 7.50. The molecule has 0 unspecified atom stereocenters. The summed E-state index contributed by atoms with van der Waals surface area (Å²) in [4.78, 5) is 17.9. The van der Waals surface area contributed by atoms with Crippen molar-refractivity contribution in [1.82, 2.24) is 20.1 Å². The van der Waals surface area contributed by atoms with Crippen molar-refractivity contribution in [3.8, 4) is 11.3 Å². The lowest BCUT2D eigenvalue weighted by atomic mass is 10.0. The van der Waals surface area contributed by atoms with Gasteiger partial charge < -0.3 is 5.32 Å². The quantitative estimate of drug-likeness (QED) is 0.691. The fraction of sp³-hybridized carbons (Fsp3) is 0.409. The Labute approximate surface area is 176 Å². The maximum Gasteiger partial charge on any atom is 0.252 e. The van der Waals surface area contributed by atoms with E-state index in [-0.39, 0.29) is 29.5 Å². The Hall–Kier alpha value is -2.74. The van der Waals surface area contributed by atoms with E-state index in [2.05, 4.69) is 10.4 Å². The van der Waals surface area contributed by atoms with Gasteiger partial charge in [0.1, 0.15) is 0 Å².